The Morgan fingerprint density at radius 2 is 2.04 bits per heavy atom. The molecule has 0 atom stereocenters. The van der Waals surface area contributed by atoms with Crippen LogP contribution in [0.1, 0.15) is 40.9 Å². The van der Waals surface area contributed by atoms with Crippen LogP contribution in [0.2, 0.25) is 0 Å². The second-order valence-corrected chi connectivity index (χ2v) is 7.14. The summed E-state index contributed by atoms with van der Waals surface area (Å²) in [6, 6.07) is 11.6. The predicted octanol–water partition coefficient (Wildman–Crippen LogP) is 4.17. The molecule has 1 aromatic heterocycles. The summed E-state index contributed by atoms with van der Waals surface area (Å²) in [7, 11) is 0. The van der Waals surface area contributed by atoms with Crippen molar-refractivity contribution in [2.75, 3.05) is 6.61 Å². The summed E-state index contributed by atoms with van der Waals surface area (Å²) in [5, 5.41) is 12.9. The lowest BCUT2D eigenvalue weighted by Gasteiger charge is -2.12. The largest absolute Gasteiger partial charge is 0.494 e. The van der Waals surface area contributed by atoms with Crippen molar-refractivity contribution < 1.29 is 9.53 Å². The minimum atomic E-state index is 0.0320. The lowest BCUT2D eigenvalue weighted by atomic mass is 10.1. The average molecular weight is 382 g/mol. The molecule has 3 rings (SSSR count). The van der Waals surface area contributed by atoms with Gasteiger partial charge in [-0.05, 0) is 73.5 Å². The molecule has 2 aromatic carbocycles. The molecule has 0 radical (unpaired) electrons. The second kappa shape index (κ2) is 8.35. The number of nitrogens with zero attached hydrogens (tertiary/aromatic N) is 4. The lowest BCUT2D eigenvalue weighted by molar-refractivity contribution is 0.101. The summed E-state index contributed by atoms with van der Waals surface area (Å²) >= 11 is 1.51. The van der Waals surface area contributed by atoms with E-state index in [0.717, 1.165) is 22.6 Å². The monoisotopic (exact) mass is 382 g/mol. The van der Waals surface area contributed by atoms with Crippen LogP contribution in [0.15, 0.2) is 41.6 Å². The van der Waals surface area contributed by atoms with Gasteiger partial charge in [-0.1, -0.05) is 23.9 Å². The number of hydrogen-bond acceptors (Lipinski definition) is 6. The molecule has 3 aromatic rings. The summed E-state index contributed by atoms with van der Waals surface area (Å²) in [5.41, 5.74) is 4.91. The van der Waals surface area contributed by atoms with E-state index in [2.05, 4.69) is 35.4 Å². The van der Waals surface area contributed by atoms with Crippen molar-refractivity contribution in [3.8, 4) is 11.4 Å². The molecule has 6 nitrogen and oxygen atoms in total. The molecule has 0 saturated heterocycles. The fourth-order valence-corrected chi connectivity index (χ4v) is 3.60. The van der Waals surface area contributed by atoms with Gasteiger partial charge in [0.05, 0.1) is 12.3 Å². The summed E-state index contributed by atoms with van der Waals surface area (Å²) in [6.07, 6.45) is 0. The van der Waals surface area contributed by atoms with Crippen molar-refractivity contribution in [3.63, 3.8) is 0 Å². The van der Waals surface area contributed by atoms with Crippen LogP contribution in [-0.4, -0.2) is 32.6 Å². The van der Waals surface area contributed by atoms with E-state index in [1.54, 1.807) is 17.7 Å². The van der Waals surface area contributed by atoms with Crippen LogP contribution in [0.5, 0.6) is 5.75 Å². The zero-order chi connectivity index (χ0) is 19.4. The number of ether oxygens (including phenoxy) is 1. The van der Waals surface area contributed by atoms with E-state index in [9.17, 15) is 4.79 Å². The van der Waals surface area contributed by atoms with Crippen molar-refractivity contribution in [2.24, 2.45) is 0 Å². The first-order chi connectivity index (χ1) is 13.0. The minimum absolute atomic E-state index is 0.0320. The highest BCUT2D eigenvalue weighted by molar-refractivity contribution is 7.98. The maximum Gasteiger partial charge on any atom is 0.214 e. The minimum Gasteiger partial charge on any atom is -0.494 e. The molecule has 0 bridgehead atoms. The molecule has 0 saturated carbocycles. The molecule has 0 aliphatic rings. The quantitative estimate of drug-likeness (QED) is 0.451. The van der Waals surface area contributed by atoms with Crippen molar-refractivity contribution >= 4 is 17.5 Å². The second-order valence-electron chi connectivity index (χ2n) is 6.19. The number of benzene rings is 2. The van der Waals surface area contributed by atoms with Gasteiger partial charge in [-0.2, -0.15) is 4.68 Å². The van der Waals surface area contributed by atoms with Crippen LogP contribution < -0.4 is 4.74 Å². The van der Waals surface area contributed by atoms with E-state index >= 15 is 0 Å². The molecule has 0 aliphatic carbocycles. The number of carbonyl (C=O) groups is 1. The maximum absolute atomic E-state index is 11.7. The number of Topliss-reactive ketones (excluding diaryl/α,β-unsaturated/α-hetero) is 1. The van der Waals surface area contributed by atoms with E-state index in [-0.39, 0.29) is 5.78 Å². The highest BCUT2D eigenvalue weighted by Crippen LogP contribution is 2.29. The number of tetrazole rings is 1. The van der Waals surface area contributed by atoms with Crippen LogP contribution in [0.4, 0.5) is 0 Å². The van der Waals surface area contributed by atoms with Crippen LogP contribution in [0, 0.1) is 13.8 Å². The van der Waals surface area contributed by atoms with Crippen molar-refractivity contribution in [2.45, 2.75) is 38.6 Å². The van der Waals surface area contributed by atoms with Gasteiger partial charge in [-0.15, -0.1) is 5.10 Å². The molecule has 27 heavy (non-hydrogen) atoms. The van der Waals surface area contributed by atoms with E-state index < -0.39 is 0 Å². The van der Waals surface area contributed by atoms with E-state index in [0.29, 0.717) is 23.1 Å². The number of ketones is 1. The molecule has 0 spiro atoms. The predicted molar refractivity (Wildman–Crippen MR) is 106 cm³/mol. The third-order valence-electron chi connectivity index (χ3n) is 4.37. The van der Waals surface area contributed by atoms with E-state index in [1.807, 2.05) is 31.2 Å². The topological polar surface area (TPSA) is 69.9 Å². The van der Waals surface area contributed by atoms with Gasteiger partial charge < -0.3 is 4.74 Å². The Labute approximate surface area is 162 Å². The molecule has 7 heteroatoms. The Hall–Kier alpha value is -2.67. The molecule has 0 fully saturated rings. The third kappa shape index (κ3) is 4.19. The Bertz CT molecular complexity index is 968. The van der Waals surface area contributed by atoms with Gasteiger partial charge in [0.15, 0.2) is 5.78 Å². The highest BCUT2D eigenvalue weighted by atomic mass is 32.2. The summed E-state index contributed by atoms with van der Waals surface area (Å²) in [6.45, 7) is 8.20. The molecule has 1 heterocycles. The van der Waals surface area contributed by atoms with Crippen LogP contribution in [-0.2, 0) is 5.75 Å². The Morgan fingerprint density at radius 3 is 2.78 bits per heavy atom. The zero-order valence-electron chi connectivity index (χ0n) is 15.9. The van der Waals surface area contributed by atoms with Crippen LogP contribution in [0.3, 0.4) is 0 Å². The Balaban J connectivity index is 1.88. The maximum atomic E-state index is 11.7. The number of rotatable bonds is 7. The highest BCUT2D eigenvalue weighted by Gasteiger charge is 2.14. The number of hydrogen-bond donors (Lipinski definition) is 0. The fraction of sp³-hybridized carbons (Fsp3) is 0.300. The fourth-order valence-electron chi connectivity index (χ4n) is 2.74. The van der Waals surface area contributed by atoms with Crippen LogP contribution >= 0.6 is 11.8 Å². The van der Waals surface area contributed by atoms with E-state index in [4.69, 9.17) is 4.74 Å². The lowest BCUT2D eigenvalue weighted by Crippen LogP contribution is -2.03. The van der Waals surface area contributed by atoms with Gasteiger partial charge in [0.2, 0.25) is 5.16 Å². The Morgan fingerprint density at radius 1 is 1.22 bits per heavy atom. The average Bonchev–Trinajstić information content (AvgIpc) is 3.11. The molecule has 0 amide bonds. The molecular weight excluding hydrogens is 360 g/mol. The van der Waals surface area contributed by atoms with Crippen molar-refractivity contribution in [3.05, 3.63) is 58.7 Å². The van der Waals surface area contributed by atoms with Gasteiger partial charge in [0.25, 0.3) is 0 Å². The number of thioether (sulfide) groups is 1. The number of aryl methyl sites for hydroxylation is 1. The first-order valence-corrected chi connectivity index (χ1v) is 9.74. The van der Waals surface area contributed by atoms with Gasteiger partial charge in [-0.25, -0.2) is 0 Å². The zero-order valence-corrected chi connectivity index (χ0v) is 16.7. The first-order valence-electron chi connectivity index (χ1n) is 8.75. The van der Waals surface area contributed by atoms with Gasteiger partial charge in [0, 0.05) is 16.9 Å². The first kappa shape index (κ1) is 19.1. The van der Waals surface area contributed by atoms with Gasteiger partial charge in [-0.3, -0.25) is 4.79 Å². The number of aromatic nitrogens is 4. The van der Waals surface area contributed by atoms with Crippen molar-refractivity contribution in [1.82, 2.24) is 20.2 Å². The molecular formula is C20H22N4O2S. The number of carbonyl (C=O) groups excluding carboxylic acids is 1. The summed E-state index contributed by atoms with van der Waals surface area (Å²) < 4.78 is 7.46. The smallest absolute Gasteiger partial charge is 0.214 e. The summed E-state index contributed by atoms with van der Waals surface area (Å²) in [4.78, 5) is 11.7. The third-order valence-corrected chi connectivity index (χ3v) is 5.34. The molecule has 0 unspecified atom stereocenters. The standard InChI is InChI=1S/C20H22N4O2S/c1-5-26-19-10-9-16(15(4)25)11-17(19)12-27-20-21-22-23-24(20)18-8-6-7-13(2)14(18)3/h6-11H,5,12H2,1-4H3. The van der Waals surface area contributed by atoms with Gasteiger partial charge >= 0.3 is 0 Å². The normalized spacial score (nSPS) is 10.8. The molecule has 0 N–H and O–H groups in total. The van der Waals surface area contributed by atoms with Crippen LogP contribution in [0.25, 0.3) is 5.69 Å². The summed E-state index contributed by atoms with van der Waals surface area (Å²) in [5.74, 6) is 1.41. The molecule has 0 aliphatic heterocycles. The van der Waals surface area contributed by atoms with Crippen molar-refractivity contribution in [1.29, 1.82) is 0 Å². The molecule has 140 valence electrons. The Kier molecular flexibility index (Phi) is 5.91. The van der Waals surface area contributed by atoms with E-state index in [1.165, 1.54) is 17.3 Å². The van der Waals surface area contributed by atoms with Gasteiger partial charge in [0.1, 0.15) is 5.75 Å². The SMILES string of the molecule is CCOc1ccc(C(C)=O)cc1CSc1nnnn1-c1cccc(C)c1C.